The van der Waals surface area contributed by atoms with Crippen LogP contribution in [0.25, 0.3) is 0 Å². The van der Waals surface area contributed by atoms with Gasteiger partial charge in [-0.05, 0) is 50.4 Å². The molecule has 2 aliphatic rings. The minimum Gasteiger partial charge on any atom is -0.396 e. The number of amides is 1. The van der Waals surface area contributed by atoms with Crippen LogP contribution in [0.15, 0.2) is 0 Å². The number of piperidine rings is 1. The molecule has 4 nitrogen and oxygen atoms in total. The van der Waals surface area contributed by atoms with Gasteiger partial charge in [0.05, 0.1) is 5.75 Å². The van der Waals surface area contributed by atoms with Gasteiger partial charge in [0.15, 0.2) is 0 Å². The van der Waals surface area contributed by atoms with E-state index in [0.29, 0.717) is 11.7 Å². The van der Waals surface area contributed by atoms with E-state index in [2.05, 4.69) is 4.90 Å². The number of aliphatic hydroxyl groups excluding tert-OH is 1. The predicted octanol–water partition coefficient (Wildman–Crippen LogP) is 0.902. The van der Waals surface area contributed by atoms with E-state index in [1.807, 2.05) is 11.2 Å². The second-order valence-corrected chi connectivity index (χ2v) is 6.76. The van der Waals surface area contributed by atoms with Crippen LogP contribution in [0, 0.1) is 11.8 Å². The van der Waals surface area contributed by atoms with Crippen molar-refractivity contribution in [1.82, 2.24) is 9.80 Å². The first-order valence-electron chi connectivity index (χ1n) is 7.33. The standard InChI is InChI=1S/C14H26N2O2S/c1-19-11-14(18)16-8-12(6-13(9-16)10-17)7-15-4-2-3-5-15/h12-13,17H,2-11H2,1H3/t12-,13-/m1/s1. The lowest BCUT2D eigenvalue weighted by atomic mass is 9.89. The molecule has 0 aromatic heterocycles. The number of nitrogens with zero attached hydrogens (tertiary/aromatic N) is 2. The zero-order chi connectivity index (χ0) is 13.7. The van der Waals surface area contributed by atoms with Crippen LogP contribution in [-0.4, -0.2) is 72.2 Å². The normalized spacial score (nSPS) is 28.8. The zero-order valence-corrected chi connectivity index (χ0v) is 12.7. The van der Waals surface area contributed by atoms with Crippen molar-refractivity contribution in [1.29, 1.82) is 0 Å². The quantitative estimate of drug-likeness (QED) is 0.815. The summed E-state index contributed by atoms with van der Waals surface area (Å²) in [4.78, 5) is 16.5. The Bertz CT molecular complexity index is 295. The molecule has 0 radical (unpaired) electrons. The molecule has 2 fully saturated rings. The minimum absolute atomic E-state index is 0.208. The van der Waals surface area contributed by atoms with Crippen LogP contribution >= 0.6 is 11.8 Å². The third-order valence-corrected chi connectivity index (χ3v) is 4.75. The highest BCUT2D eigenvalue weighted by atomic mass is 32.2. The van der Waals surface area contributed by atoms with E-state index in [1.54, 1.807) is 11.8 Å². The minimum atomic E-state index is 0.208. The Morgan fingerprint density at radius 1 is 1.26 bits per heavy atom. The summed E-state index contributed by atoms with van der Waals surface area (Å²) in [5.74, 6) is 1.60. The molecular weight excluding hydrogens is 260 g/mol. The van der Waals surface area contributed by atoms with Gasteiger partial charge in [0.2, 0.25) is 5.91 Å². The van der Waals surface area contributed by atoms with Gasteiger partial charge in [0, 0.05) is 26.2 Å². The molecule has 2 atom stereocenters. The lowest BCUT2D eigenvalue weighted by Gasteiger charge is -2.38. The molecule has 2 saturated heterocycles. The third-order valence-electron chi connectivity index (χ3n) is 4.22. The average molecular weight is 286 g/mol. The van der Waals surface area contributed by atoms with Gasteiger partial charge in [0.1, 0.15) is 0 Å². The number of carbonyl (C=O) groups is 1. The largest absolute Gasteiger partial charge is 0.396 e. The molecule has 0 aliphatic carbocycles. The average Bonchev–Trinajstić information content (AvgIpc) is 2.91. The van der Waals surface area contributed by atoms with Gasteiger partial charge in [-0.1, -0.05) is 0 Å². The lowest BCUT2D eigenvalue weighted by molar-refractivity contribution is -0.131. The van der Waals surface area contributed by atoms with E-state index in [-0.39, 0.29) is 18.4 Å². The van der Waals surface area contributed by atoms with Crippen LogP contribution in [0.4, 0.5) is 0 Å². The van der Waals surface area contributed by atoms with Crippen LogP contribution in [0.5, 0.6) is 0 Å². The molecule has 0 aromatic rings. The van der Waals surface area contributed by atoms with Crippen molar-refractivity contribution in [3.8, 4) is 0 Å². The smallest absolute Gasteiger partial charge is 0.232 e. The lowest BCUT2D eigenvalue weighted by Crippen LogP contribution is -2.48. The highest BCUT2D eigenvalue weighted by molar-refractivity contribution is 7.99. The van der Waals surface area contributed by atoms with Crippen molar-refractivity contribution in [2.75, 3.05) is 51.3 Å². The fourth-order valence-corrected chi connectivity index (χ4v) is 3.76. The summed E-state index contributed by atoms with van der Waals surface area (Å²) in [5, 5.41) is 9.44. The first kappa shape index (κ1) is 15.1. The molecule has 0 saturated carbocycles. The number of thioether (sulfide) groups is 1. The summed E-state index contributed by atoms with van der Waals surface area (Å²) in [6, 6.07) is 0. The van der Waals surface area contributed by atoms with Crippen molar-refractivity contribution in [2.45, 2.75) is 19.3 Å². The zero-order valence-electron chi connectivity index (χ0n) is 11.9. The molecule has 2 aliphatic heterocycles. The van der Waals surface area contributed by atoms with Crippen LogP contribution in [-0.2, 0) is 4.79 Å². The van der Waals surface area contributed by atoms with Gasteiger partial charge in [-0.25, -0.2) is 0 Å². The Hall–Kier alpha value is -0.260. The summed E-state index contributed by atoms with van der Waals surface area (Å²) >= 11 is 1.58. The molecule has 110 valence electrons. The molecule has 0 aromatic carbocycles. The fourth-order valence-electron chi connectivity index (χ4n) is 3.33. The Morgan fingerprint density at radius 2 is 1.95 bits per heavy atom. The van der Waals surface area contributed by atoms with Gasteiger partial charge in [-0.3, -0.25) is 4.79 Å². The van der Waals surface area contributed by atoms with Gasteiger partial charge in [0.25, 0.3) is 0 Å². The topological polar surface area (TPSA) is 43.8 Å². The van der Waals surface area contributed by atoms with Crippen molar-refractivity contribution in [3.05, 3.63) is 0 Å². The van der Waals surface area contributed by atoms with Crippen LogP contribution in [0.2, 0.25) is 0 Å². The molecule has 0 spiro atoms. The number of likely N-dealkylation sites (tertiary alicyclic amines) is 2. The second-order valence-electron chi connectivity index (χ2n) is 5.89. The number of aliphatic hydroxyl groups is 1. The van der Waals surface area contributed by atoms with Gasteiger partial charge < -0.3 is 14.9 Å². The Labute approximate surface area is 120 Å². The van der Waals surface area contributed by atoms with E-state index in [4.69, 9.17) is 0 Å². The molecule has 2 rings (SSSR count). The fraction of sp³-hybridized carbons (Fsp3) is 0.929. The molecule has 1 amide bonds. The molecule has 0 bridgehead atoms. The molecular formula is C14H26N2O2S. The molecule has 1 N–H and O–H groups in total. The first-order valence-corrected chi connectivity index (χ1v) is 8.72. The maximum atomic E-state index is 12.1. The Morgan fingerprint density at radius 3 is 2.58 bits per heavy atom. The van der Waals surface area contributed by atoms with E-state index < -0.39 is 0 Å². The van der Waals surface area contributed by atoms with Crippen molar-refractivity contribution in [3.63, 3.8) is 0 Å². The first-order chi connectivity index (χ1) is 9.22. The SMILES string of the molecule is CSCC(=O)N1C[C@H](CO)C[C@H](CN2CCCC2)C1. The summed E-state index contributed by atoms with van der Waals surface area (Å²) in [6.45, 7) is 5.34. The Kier molecular flexibility index (Phi) is 5.98. The number of rotatable bonds is 5. The number of carbonyl (C=O) groups excluding carboxylic acids is 1. The molecule has 2 heterocycles. The maximum Gasteiger partial charge on any atom is 0.232 e. The van der Waals surface area contributed by atoms with E-state index in [0.717, 1.165) is 26.1 Å². The molecule has 19 heavy (non-hydrogen) atoms. The maximum absolute atomic E-state index is 12.1. The second kappa shape index (κ2) is 7.50. The summed E-state index contributed by atoms with van der Waals surface area (Å²) in [6.07, 6.45) is 5.65. The van der Waals surface area contributed by atoms with E-state index in [9.17, 15) is 9.90 Å². The molecule has 0 unspecified atom stereocenters. The monoisotopic (exact) mass is 286 g/mol. The summed E-state index contributed by atoms with van der Waals surface area (Å²) in [7, 11) is 0. The van der Waals surface area contributed by atoms with Crippen molar-refractivity contribution < 1.29 is 9.90 Å². The number of hydrogen-bond acceptors (Lipinski definition) is 4. The van der Waals surface area contributed by atoms with Crippen molar-refractivity contribution in [2.24, 2.45) is 11.8 Å². The van der Waals surface area contributed by atoms with E-state index in [1.165, 1.54) is 25.9 Å². The van der Waals surface area contributed by atoms with Crippen LogP contribution in [0.1, 0.15) is 19.3 Å². The number of hydrogen-bond donors (Lipinski definition) is 1. The van der Waals surface area contributed by atoms with Crippen molar-refractivity contribution >= 4 is 17.7 Å². The third kappa shape index (κ3) is 4.36. The highest BCUT2D eigenvalue weighted by Gasteiger charge is 2.30. The van der Waals surface area contributed by atoms with E-state index >= 15 is 0 Å². The van der Waals surface area contributed by atoms with Crippen LogP contribution < -0.4 is 0 Å². The summed E-state index contributed by atoms with van der Waals surface area (Å²) < 4.78 is 0. The van der Waals surface area contributed by atoms with Gasteiger partial charge in [-0.15, -0.1) is 0 Å². The predicted molar refractivity (Wildman–Crippen MR) is 79.3 cm³/mol. The van der Waals surface area contributed by atoms with Gasteiger partial charge >= 0.3 is 0 Å². The Balaban J connectivity index is 1.89. The highest BCUT2D eigenvalue weighted by Crippen LogP contribution is 2.24. The van der Waals surface area contributed by atoms with Gasteiger partial charge in [-0.2, -0.15) is 11.8 Å². The van der Waals surface area contributed by atoms with Crippen LogP contribution in [0.3, 0.4) is 0 Å². The summed E-state index contributed by atoms with van der Waals surface area (Å²) in [5.41, 5.74) is 0. The molecule has 5 heteroatoms.